The van der Waals surface area contributed by atoms with Crippen LogP contribution in [0.25, 0.3) is 0 Å². The van der Waals surface area contributed by atoms with E-state index in [1.54, 1.807) is 0 Å². The van der Waals surface area contributed by atoms with Crippen molar-refractivity contribution in [1.82, 2.24) is 0 Å². The molecule has 0 aliphatic rings. The molecular formula is C23H26N4O4. The summed E-state index contributed by atoms with van der Waals surface area (Å²) in [6.07, 6.45) is 4.58. The van der Waals surface area contributed by atoms with E-state index in [9.17, 15) is 9.59 Å². The first-order valence-corrected chi connectivity index (χ1v) is 8.94. The highest BCUT2D eigenvalue weighted by molar-refractivity contribution is 5.72. The van der Waals surface area contributed by atoms with Gasteiger partial charge in [-0.3, -0.25) is 0 Å². The van der Waals surface area contributed by atoms with Crippen LogP contribution in [-0.2, 0) is 19.2 Å². The Morgan fingerprint density at radius 1 is 0.548 bits per heavy atom. The van der Waals surface area contributed by atoms with Gasteiger partial charge in [-0.05, 0) is 70.7 Å². The average molecular weight is 422 g/mol. The second-order valence-corrected chi connectivity index (χ2v) is 6.47. The largest absolute Gasteiger partial charge is 0.240 e. The molecule has 0 aliphatic carbocycles. The van der Waals surface area contributed by atoms with Crippen LogP contribution in [0.15, 0.2) is 28.2 Å². The van der Waals surface area contributed by atoms with Crippen molar-refractivity contribution in [2.45, 2.75) is 48.5 Å². The molecule has 0 bridgehead atoms. The van der Waals surface area contributed by atoms with Crippen molar-refractivity contribution in [2.24, 2.45) is 9.98 Å². The van der Waals surface area contributed by atoms with Gasteiger partial charge >= 0.3 is 0 Å². The van der Waals surface area contributed by atoms with E-state index in [2.05, 4.69) is 49.0 Å². The van der Waals surface area contributed by atoms with Gasteiger partial charge in [-0.25, -0.2) is 30.0 Å². The van der Waals surface area contributed by atoms with Crippen molar-refractivity contribution < 1.29 is 19.2 Å². The maximum atomic E-state index is 10.3. The summed E-state index contributed by atoms with van der Waals surface area (Å²) >= 11 is 0. The highest BCUT2D eigenvalue weighted by Gasteiger charge is 2.13. The number of isocyanates is 4. The number of rotatable bonds is 2. The second kappa shape index (κ2) is 15.8. The minimum absolute atomic E-state index is 0.606. The Kier molecular flexibility index (Phi) is 14.9. The highest BCUT2D eigenvalue weighted by atomic mass is 16.1. The molecule has 0 saturated heterocycles. The summed E-state index contributed by atoms with van der Waals surface area (Å²) in [4.78, 5) is 44.7. The van der Waals surface area contributed by atoms with Crippen LogP contribution in [0.3, 0.4) is 0 Å². The lowest BCUT2D eigenvalue weighted by atomic mass is 9.96. The molecule has 162 valence electrons. The molecule has 2 aromatic carbocycles. The zero-order valence-electron chi connectivity index (χ0n) is 18.8. The Labute approximate surface area is 181 Å². The van der Waals surface area contributed by atoms with E-state index in [1.807, 2.05) is 27.7 Å². The van der Waals surface area contributed by atoms with Crippen molar-refractivity contribution in [3.8, 4) is 0 Å². The van der Waals surface area contributed by atoms with Crippen molar-refractivity contribution >= 4 is 35.7 Å². The molecule has 0 heterocycles. The fourth-order valence-electron chi connectivity index (χ4n) is 2.90. The Morgan fingerprint density at radius 3 is 0.903 bits per heavy atom. The van der Waals surface area contributed by atoms with E-state index in [4.69, 9.17) is 20.4 Å². The third-order valence-electron chi connectivity index (χ3n) is 4.23. The lowest BCUT2D eigenvalue weighted by Gasteiger charge is -2.13. The van der Waals surface area contributed by atoms with E-state index in [0.717, 1.165) is 34.4 Å². The minimum atomic E-state index is 0.606. The monoisotopic (exact) mass is 422 g/mol. The molecule has 8 nitrogen and oxygen atoms in total. The predicted octanol–water partition coefficient (Wildman–Crippen LogP) is 5.27. The maximum Gasteiger partial charge on any atom is 0.240 e. The molecule has 2 rings (SSSR count). The molecule has 0 spiro atoms. The van der Waals surface area contributed by atoms with Gasteiger partial charge in [0.15, 0.2) is 0 Å². The number of carbonyl (C=O) groups excluding carboxylic acids is 4. The van der Waals surface area contributed by atoms with Gasteiger partial charge in [-0.1, -0.05) is 34.9 Å². The topological polar surface area (TPSA) is 141 Å². The van der Waals surface area contributed by atoms with Gasteiger partial charge in [-0.15, -0.1) is 0 Å². The van der Waals surface area contributed by atoms with Crippen molar-refractivity contribution in [1.29, 1.82) is 10.8 Å². The quantitative estimate of drug-likeness (QED) is 0.502. The minimum Gasteiger partial charge on any atom is -0.222 e. The lowest BCUT2D eigenvalue weighted by molar-refractivity contribution is 0.562. The Bertz CT molecular complexity index is 925. The standard InChI is InChI=1S/C12H12N2O2.C9H12.2CHNO/c1-7-8(2)12(14-6-16)10(4)9(3)11(7)13-5-15;1-7-4-8(2)6-9(3)5-7;2*2-1-3/h1-4H3;4-6H,1-3H3;2*2H. The zero-order chi connectivity index (χ0) is 24.6. The Hall–Kier alpha value is -4.04. The Morgan fingerprint density at radius 2 is 0.742 bits per heavy atom. The highest BCUT2D eigenvalue weighted by Crippen LogP contribution is 2.36. The summed E-state index contributed by atoms with van der Waals surface area (Å²) in [5, 5.41) is 10.8. The number of hydrogen-bond donors (Lipinski definition) is 2. The van der Waals surface area contributed by atoms with Crippen LogP contribution in [0.2, 0.25) is 0 Å². The smallest absolute Gasteiger partial charge is 0.222 e. The van der Waals surface area contributed by atoms with Gasteiger partial charge in [0.2, 0.25) is 24.3 Å². The molecule has 0 unspecified atom stereocenters. The molecular weight excluding hydrogens is 396 g/mol. The fraction of sp³-hybridized carbons (Fsp3) is 0.304. The lowest BCUT2D eigenvalue weighted by Crippen LogP contribution is -1.92. The maximum absolute atomic E-state index is 10.3. The van der Waals surface area contributed by atoms with Gasteiger partial charge in [0.1, 0.15) is 0 Å². The van der Waals surface area contributed by atoms with Crippen LogP contribution < -0.4 is 0 Å². The molecule has 0 radical (unpaired) electrons. The number of nitrogens with zero attached hydrogens (tertiary/aromatic N) is 2. The zero-order valence-corrected chi connectivity index (χ0v) is 18.8. The Balaban J connectivity index is 0. The van der Waals surface area contributed by atoms with E-state index < -0.39 is 0 Å². The summed E-state index contributed by atoms with van der Waals surface area (Å²) < 4.78 is 0. The van der Waals surface area contributed by atoms with E-state index in [0.29, 0.717) is 11.4 Å². The number of nitrogens with one attached hydrogen (secondary N) is 2. The SMILES string of the molecule is Cc1c(C)c(N=C=O)c(C)c(C)c1N=C=O.Cc1cc(C)cc(C)c1.N=C=O.N=C=O. The van der Waals surface area contributed by atoms with Crippen LogP contribution in [0.5, 0.6) is 0 Å². The van der Waals surface area contributed by atoms with Crippen molar-refractivity contribution in [3.63, 3.8) is 0 Å². The summed E-state index contributed by atoms with van der Waals surface area (Å²) in [5.74, 6) is 0. The fourth-order valence-corrected chi connectivity index (χ4v) is 2.90. The molecule has 0 fully saturated rings. The first kappa shape index (κ1) is 29.2. The first-order chi connectivity index (χ1) is 14.6. The number of aryl methyl sites for hydroxylation is 3. The predicted molar refractivity (Wildman–Crippen MR) is 118 cm³/mol. The van der Waals surface area contributed by atoms with Gasteiger partial charge in [0, 0.05) is 0 Å². The summed E-state index contributed by atoms with van der Waals surface area (Å²) in [6.45, 7) is 13.7. The van der Waals surface area contributed by atoms with Crippen LogP contribution in [-0.4, -0.2) is 24.3 Å². The van der Waals surface area contributed by atoms with Crippen LogP contribution in [0.1, 0.15) is 38.9 Å². The summed E-state index contributed by atoms with van der Waals surface area (Å²) in [7, 11) is 0. The normalized spacial score (nSPS) is 8.10. The van der Waals surface area contributed by atoms with Gasteiger partial charge in [0.25, 0.3) is 0 Å². The molecule has 31 heavy (non-hydrogen) atoms. The van der Waals surface area contributed by atoms with Gasteiger partial charge in [0.05, 0.1) is 11.4 Å². The van der Waals surface area contributed by atoms with Crippen LogP contribution in [0.4, 0.5) is 11.4 Å². The van der Waals surface area contributed by atoms with Crippen LogP contribution in [0, 0.1) is 59.3 Å². The third-order valence-corrected chi connectivity index (χ3v) is 4.23. The van der Waals surface area contributed by atoms with Crippen molar-refractivity contribution in [2.75, 3.05) is 0 Å². The van der Waals surface area contributed by atoms with E-state index in [-0.39, 0.29) is 0 Å². The molecule has 0 atom stereocenters. The molecule has 2 N–H and O–H groups in total. The van der Waals surface area contributed by atoms with E-state index in [1.165, 1.54) is 28.9 Å². The van der Waals surface area contributed by atoms with Crippen molar-refractivity contribution in [3.05, 3.63) is 57.1 Å². The molecule has 0 aromatic heterocycles. The molecule has 2 aromatic rings. The molecule has 0 aliphatic heterocycles. The molecule has 0 saturated carbocycles. The molecule has 0 amide bonds. The van der Waals surface area contributed by atoms with E-state index >= 15 is 0 Å². The summed E-state index contributed by atoms with van der Waals surface area (Å²) in [5.41, 5.74) is 8.61. The van der Waals surface area contributed by atoms with Gasteiger partial charge in [-0.2, -0.15) is 9.98 Å². The average Bonchev–Trinajstić information content (AvgIpc) is 2.68. The van der Waals surface area contributed by atoms with Crippen LogP contribution >= 0.6 is 0 Å². The number of benzene rings is 2. The summed E-state index contributed by atoms with van der Waals surface area (Å²) in [6, 6.07) is 6.56. The third kappa shape index (κ3) is 10.3. The second-order valence-electron chi connectivity index (χ2n) is 6.47. The number of hydrogen-bond acceptors (Lipinski definition) is 8. The first-order valence-electron chi connectivity index (χ1n) is 8.94. The number of aliphatic imine (C=N–C) groups is 2. The molecule has 8 heteroatoms. The van der Waals surface area contributed by atoms with Gasteiger partial charge < -0.3 is 0 Å².